The summed E-state index contributed by atoms with van der Waals surface area (Å²) in [5.74, 6) is -0.496. The Kier molecular flexibility index (Phi) is 10.6. The third kappa shape index (κ3) is 11.6. The zero-order chi connectivity index (χ0) is 15.4. The van der Waals surface area contributed by atoms with E-state index in [4.69, 9.17) is 5.11 Å². The summed E-state index contributed by atoms with van der Waals surface area (Å²) in [7, 11) is 0. The van der Waals surface area contributed by atoms with Crippen LogP contribution in [-0.2, 0) is 9.53 Å². The number of aliphatic hydroxyl groups is 3. The number of carbonyl (C=O) groups is 1. The maximum Gasteiger partial charge on any atom is 0.330 e. The Balaban J connectivity index is 4.01. The van der Waals surface area contributed by atoms with Crippen molar-refractivity contribution in [3.63, 3.8) is 0 Å². The van der Waals surface area contributed by atoms with Crippen molar-refractivity contribution in [2.24, 2.45) is 0 Å². The monoisotopic (exact) mass is 284 g/mol. The molecule has 3 unspecified atom stereocenters. The van der Waals surface area contributed by atoms with E-state index in [-0.39, 0.29) is 0 Å². The smallest absolute Gasteiger partial charge is 0.330 e. The van der Waals surface area contributed by atoms with Crippen LogP contribution in [0.2, 0.25) is 0 Å². The summed E-state index contributed by atoms with van der Waals surface area (Å²) in [4.78, 5) is 11.0. The summed E-state index contributed by atoms with van der Waals surface area (Å²) in [5.41, 5.74) is 0. The molecular formula is C15H24O5. The van der Waals surface area contributed by atoms with Crippen LogP contribution in [0.15, 0.2) is 36.5 Å². The van der Waals surface area contributed by atoms with Gasteiger partial charge in [-0.25, -0.2) is 4.79 Å². The summed E-state index contributed by atoms with van der Waals surface area (Å²) in [6.45, 7) is 3.67. The average molecular weight is 284 g/mol. The average Bonchev–Trinajstić information content (AvgIpc) is 2.39. The molecule has 0 amide bonds. The minimum atomic E-state index is -0.890. The predicted molar refractivity (Wildman–Crippen MR) is 77.0 cm³/mol. The number of carbonyl (C=O) groups excluding carboxylic acids is 1. The van der Waals surface area contributed by atoms with E-state index in [9.17, 15) is 15.0 Å². The van der Waals surface area contributed by atoms with Gasteiger partial charge in [0.15, 0.2) is 0 Å². The highest BCUT2D eigenvalue weighted by Crippen LogP contribution is 2.02. The molecule has 20 heavy (non-hydrogen) atoms. The fourth-order valence-corrected chi connectivity index (χ4v) is 1.31. The Morgan fingerprint density at radius 2 is 1.75 bits per heavy atom. The first kappa shape index (κ1) is 18.6. The summed E-state index contributed by atoms with van der Waals surface area (Å²) in [5, 5.41) is 28.1. The van der Waals surface area contributed by atoms with Crippen molar-refractivity contribution in [2.45, 2.75) is 45.0 Å². The SMILES string of the molecule is CCOC(=O)C=CC(O)C=CC=CC(O)CCC(C)O. The maximum atomic E-state index is 11.0. The number of esters is 1. The van der Waals surface area contributed by atoms with Crippen LogP contribution in [0.4, 0.5) is 0 Å². The highest BCUT2D eigenvalue weighted by molar-refractivity contribution is 5.81. The largest absolute Gasteiger partial charge is 0.463 e. The van der Waals surface area contributed by atoms with E-state index in [1.165, 1.54) is 18.2 Å². The lowest BCUT2D eigenvalue weighted by Gasteiger charge is -2.06. The van der Waals surface area contributed by atoms with Crippen molar-refractivity contribution in [3.8, 4) is 0 Å². The van der Waals surface area contributed by atoms with Crippen molar-refractivity contribution in [2.75, 3.05) is 6.61 Å². The lowest BCUT2D eigenvalue weighted by atomic mass is 10.1. The topological polar surface area (TPSA) is 87.0 Å². The van der Waals surface area contributed by atoms with E-state index >= 15 is 0 Å². The third-order valence-corrected chi connectivity index (χ3v) is 2.35. The molecule has 0 radical (unpaired) electrons. The summed E-state index contributed by atoms with van der Waals surface area (Å²) in [6.07, 6.45) is 7.76. The van der Waals surface area contributed by atoms with E-state index in [1.54, 1.807) is 32.1 Å². The second-order valence-corrected chi connectivity index (χ2v) is 4.37. The highest BCUT2D eigenvalue weighted by Gasteiger charge is 2.01. The number of hydrogen-bond acceptors (Lipinski definition) is 5. The second kappa shape index (κ2) is 11.4. The lowest BCUT2D eigenvalue weighted by molar-refractivity contribution is -0.137. The Morgan fingerprint density at radius 3 is 2.35 bits per heavy atom. The lowest BCUT2D eigenvalue weighted by Crippen LogP contribution is -2.07. The van der Waals surface area contributed by atoms with Crippen LogP contribution >= 0.6 is 0 Å². The molecule has 0 aliphatic heterocycles. The van der Waals surface area contributed by atoms with E-state index in [2.05, 4.69) is 4.74 Å². The highest BCUT2D eigenvalue weighted by atomic mass is 16.5. The van der Waals surface area contributed by atoms with Crippen molar-refractivity contribution >= 4 is 5.97 Å². The fraction of sp³-hybridized carbons (Fsp3) is 0.533. The molecule has 0 aromatic heterocycles. The number of hydrogen-bond donors (Lipinski definition) is 3. The van der Waals surface area contributed by atoms with Gasteiger partial charge in [-0.05, 0) is 32.8 Å². The molecule has 0 rings (SSSR count). The van der Waals surface area contributed by atoms with Gasteiger partial charge in [0, 0.05) is 6.08 Å². The number of rotatable bonds is 9. The summed E-state index contributed by atoms with van der Waals surface area (Å²) in [6, 6.07) is 0. The second-order valence-electron chi connectivity index (χ2n) is 4.37. The van der Waals surface area contributed by atoms with Gasteiger partial charge in [0.2, 0.25) is 0 Å². The van der Waals surface area contributed by atoms with Gasteiger partial charge in [-0.2, -0.15) is 0 Å². The third-order valence-electron chi connectivity index (χ3n) is 2.35. The standard InChI is InChI=1S/C15H24O5/c1-3-20-15(19)11-10-14(18)7-5-4-6-13(17)9-8-12(2)16/h4-7,10-14,16-18H,3,8-9H2,1-2H3. The molecule has 0 bridgehead atoms. The minimum absolute atomic E-state index is 0.294. The number of ether oxygens (including phenoxy) is 1. The molecule has 0 heterocycles. The molecule has 0 saturated heterocycles. The van der Waals surface area contributed by atoms with Gasteiger partial charge in [-0.1, -0.05) is 24.3 Å². The molecule has 0 aliphatic rings. The van der Waals surface area contributed by atoms with Crippen molar-refractivity contribution in [1.29, 1.82) is 0 Å². The van der Waals surface area contributed by atoms with Crippen molar-refractivity contribution < 1.29 is 24.9 Å². The molecule has 0 aromatic rings. The Morgan fingerprint density at radius 1 is 1.10 bits per heavy atom. The molecule has 0 spiro atoms. The van der Waals surface area contributed by atoms with E-state index in [0.29, 0.717) is 19.4 Å². The van der Waals surface area contributed by atoms with Gasteiger partial charge in [-0.3, -0.25) is 0 Å². The number of allylic oxidation sites excluding steroid dienone is 2. The Bertz CT molecular complexity index is 344. The first-order valence-electron chi connectivity index (χ1n) is 6.69. The van der Waals surface area contributed by atoms with Gasteiger partial charge >= 0.3 is 5.97 Å². The minimum Gasteiger partial charge on any atom is -0.463 e. The zero-order valence-corrected chi connectivity index (χ0v) is 12.0. The van der Waals surface area contributed by atoms with Gasteiger partial charge in [0.25, 0.3) is 0 Å². The molecule has 0 fully saturated rings. The molecule has 3 N–H and O–H groups in total. The van der Waals surface area contributed by atoms with Crippen LogP contribution in [0, 0.1) is 0 Å². The van der Waals surface area contributed by atoms with Crippen molar-refractivity contribution in [3.05, 3.63) is 36.5 Å². The van der Waals surface area contributed by atoms with Crippen molar-refractivity contribution in [1.82, 2.24) is 0 Å². The maximum absolute atomic E-state index is 11.0. The van der Waals surface area contributed by atoms with Gasteiger partial charge < -0.3 is 20.1 Å². The normalized spacial score (nSPS) is 16.9. The van der Waals surface area contributed by atoms with Crippen LogP contribution in [-0.4, -0.2) is 46.2 Å². The van der Waals surface area contributed by atoms with Crippen LogP contribution < -0.4 is 0 Å². The molecule has 0 aliphatic carbocycles. The molecular weight excluding hydrogens is 260 g/mol. The van der Waals surface area contributed by atoms with Crippen LogP contribution in [0.5, 0.6) is 0 Å². The molecule has 114 valence electrons. The fourth-order valence-electron chi connectivity index (χ4n) is 1.31. The molecule has 3 atom stereocenters. The molecule has 5 nitrogen and oxygen atoms in total. The van der Waals surface area contributed by atoms with E-state index < -0.39 is 24.3 Å². The van der Waals surface area contributed by atoms with Gasteiger partial charge in [0.1, 0.15) is 0 Å². The Labute approximate surface area is 119 Å². The van der Waals surface area contributed by atoms with Crippen LogP contribution in [0.25, 0.3) is 0 Å². The van der Waals surface area contributed by atoms with Gasteiger partial charge in [-0.15, -0.1) is 0 Å². The molecule has 5 heteroatoms. The quantitative estimate of drug-likeness (QED) is 0.335. The van der Waals surface area contributed by atoms with Crippen LogP contribution in [0.3, 0.4) is 0 Å². The zero-order valence-electron chi connectivity index (χ0n) is 12.0. The number of aliphatic hydroxyl groups excluding tert-OH is 3. The van der Waals surface area contributed by atoms with Crippen LogP contribution in [0.1, 0.15) is 26.7 Å². The summed E-state index contributed by atoms with van der Waals surface area (Å²) >= 11 is 0. The molecule has 0 aromatic carbocycles. The Hall–Kier alpha value is -1.43. The first-order chi connectivity index (χ1) is 9.45. The van der Waals surface area contributed by atoms with Gasteiger partial charge in [0.05, 0.1) is 24.9 Å². The first-order valence-corrected chi connectivity index (χ1v) is 6.69. The van der Waals surface area contributed by atoms with E-state index in [1.807, 2.05) is 0 Å². The molecule has 0 saturated carbocycles. The predicted octanol–water partition coefficient (Wildman–Crippen LogP) is 1.10. The van der Waals surface area contributed by atoms with E-state index in [0.717, 1.165) is 0 Å². The summed E-state index contributed by atoms with van der Waals surface area (Å²) < 4.78 is 4.67.